The van der Waals surface area contributed by atoms with Crippen molar-refractivity contribution in [3.05, 3.63) is 54.2 Å². The van der Waals surface area contributed by atoms with Crippen molar-refractivity contribution < 1.29 is 9.32 Å². The summed E-state index contributed by atoms with van der Waals surface area (Å²) in [5, 5.41) is 6.50. The molecule has 1 saturated heterocycles. The summed E-state index contributed by atoms with van der Waals surface area (Å²) < 4.78 is 4.97. The van der Waals surface area contributed by atoms with Gasteiger partial charge < -0.3 is 19.6 Å². The van der Waals surface area contributed by atoms with Gasteiger partial charge >= 0.3 is 0 Å². The number of anilines is 3. The van der Waals surface area contributed by atoms with Gasteiger partial charge in [0.2, 0.25) is 5.95 Å². The van der Waals surface area contributed by atoms with Gasteiger partial charge in [-0.05, 0) is 25.1 Å². The average molecular weight is 365 g/mol. The number of amides is 1. The highest BCUT2D eigenvalue weighted by atomic mass is 16.5. The third kappa shape index (κ3) is 3.86. The highest BCUT2D eigenvalue weighted by molar-refractivity contribution is 6.04. The number of hydrogen-bond donors (Lipinski definition) is 1. The van der Waals surface area contributed by atoms with Gasteiger partial charge in [0.1, 0.15) is 11.6 Å². The quantitative estimate of drug-likeness (QED) is 0.746. The van der Waals surface area contributed by atoms with E-state index in [0.717, 1.165) is 37.9 Å². The molecule has 0 bridgehead atoms. The third-order valence-electron chi connectivity index (χ3n) is 4.32. The molecule has 0 atom stereocenters. The Morgan fingerprint density at radius 3 is 2.48 bits per heavy atom. The lowest BCUT2D eigenvalue weighted by molar-refractivity contribution is 0.102. The Kier molecular flexibility index (Phi) is 4.65. The summed E-state index contributed by atoms with van der Waals surface area (Å²) in [7, 11) is 0. The molecule has 3 aromatic rings. The van der Waals surface area contributed by atoms with Gasteiger partial charge in [0.25, 0.3) is 5.91 Å². The first-order chi connectivity index (χ1) is 13.2. The lowest BCUT2D eigenvalue weighted by Gasteiger charge is -2.35. The van der Waals surface area contributed by atoms with Crippen molar-refractivity contribution in [2.24, 2.45) is 0 Å². The molecule has 0 aliphatic carbocycles. The molecule has 27 heavy (non-hydrogen) atoms. The molecule has 138 valence electrons. The SMILES string of the molecule is Cc1cc(NC(=O)c2ccnc(N3CCN(c4ncccn4)CC3)c2)no1. The molecule has 9 nitrogen and oxygen atoms in total. The Labute approximate surface area is 156 Å². The van der Waals surface area contributed by atoms with E-state index in [1.165, 1.54) is 0 Å². The molecule has 1 N–H and O–H groups in total. The molecule has 4 rings (SSSR count). The number of nitrogens with zero attached hydrogens (tertiary/aromatic N) is 6. The van der Waals surface area contributed by atoms with Gasteiger partial charge in [-0.3, -0.25) is 4.79 Å². The van der Waals surface area contributed by atoms with Crippen LogP contribution < -0.4 is 15.1 Å². The second-order valence-corrected chi connectivity index (χ2v) is 6.20. The van der Waals surface area contributed by atoms with E-state index in [-0.39, 0.29) is 5.91 Å². The number of carbonyl (C=O) groups excluding carboxylic acids is 1. The van der Waals surface area contributed by atoms with Crippen LogP contribution in [0.1, 0.15) is 16.1 Å². The number of piperazine rings is 1. The van der Waals surface area contributed by atoms with Crippen molar-refractivity contribution in [1.82, 2.24) is 20.1 Å². The van der Waals surface area contributed by atoms with E-state index in [4.69, 9.17) is 4.52 Å². The number of rotatable bonds is 4. The maximum absolute atomic E-state index is 12.4. The minimum atomic E-state index is -0.247. The maximum Gasteiger partial charge on any atom is 0.257 e. The monoisotopic (exact) mass is 365 g/mol. The first-order valence-electron chi connectivity index (χ1n) is 8.67. The second-order valence-electron chi connectivity index (χ2n) is 6.20. The van der Waals surface area contributed by atoms with Crippen molar-refractivity contribution in [3.63, 3.8) is 0 Å². The van der Waals surface area contributed by atoms with E-state index in [2.05, 4.69) is 35.2 Å². The summed E-state index contributed by atoms with van der Waals surface area (Å²) in [6, 6.07) is 6.95. The van der Waals surface area contributed by atoms with Crippen LogP contribution in [0.2, 0.25) is 0 Å². The number of aryl methyl sites for hydroxylation is 1. The zero-order chi connectivity index (χ0) is 18.6. The number of hydrogen-bond acceptors (Lipinski definition) is 8. The van der Waals surface area contributed by atoms with Crippen LogP contribution in [-0.2, 0) is 0 Å². The number of pyridine rings is 1. The molecule has 4 heterocycles. The van der Waals surface area contributed by atoms with Crippen LogP contribution in [-0.4, -0.2) is 52.2 Å². The van der Waals surface area contributed by atoms with Gasteiger partial charge in [0, 0.05) is 56.4 Å². The summed E-state index contributed by atoms with van der Waals surface area (Å²) in [6.45, 7) is 4.91. The Morgan fingerprint density at radius 1 is 1.04 bits per heavy atom. The molecule has 0 aromatic carbocycles. The number of nitrogens with one attached hydrogen (secondary N) is 1. The standard InChI is InChI=1S/C18H19N7O2/c1-13-11-15(23-27-13)22-17(26)14-3-6-19-16(12-14)24-7-9-25(10-8-24)18-20-4-2-5-21-18/h2-6,11-12H,7-10H2,1H3,(H,22,23,26). The van der Waals surface area contributed by atoms with E-state index in [1.807, 2.05) is 0 Å². The fourth-order valence-corrected chi connectivity index (χ4v) is 2.94. The molecule has 0 unspecified atom stereocenters. The summed E-state index contributed by atoms with van der Waals surface area (Å²) in [6.07, 6.45) is 5.13. The Bertz CT molecular complexity index is 920. The normalized spacial score (nSPS) is 14.3. The zero-order valence-corrected chi connectivity index (χ0v) is 14.9. The van der Waals surface area contributed by atoms with E-state index >= 15 is 0 Å². The van der Waals surface area contributed by atoms with Gasteiger partial charge in [-0.2, -0.15) is 0 Å². The molecule has 0 radical (unpaired) electrons. The molecule has 1 aliphatic heterocycles. The van der Waals surface area contributed by atoms with Crippen LogP contribution in [0.4, 0.5) is 17.6 Å². The van der Waals surface area contributed by atoms with Crippen molar-refractivity contribution in [1.29, 1.82) is 0 Å². The Hall–Kier alpha value is -3.49. The van der Waals surface area contributed by atoms with Gasteiger partial charge in [-0.1, -0.05) is 5.16 Å². The van der Waals surface area contributed by atoms with Crippen LogP contribution in [0.5, 0.6) is 0 Å². The smallest absolute Gasteiger partial charge is 0.257 e. The summed E-state index contributed by atoms with van der Waals surface area (Å²) in [5.74, 6) is 2.30. The van der Waals surface area contributed by atoms with Crippen molar-refractivity contribution >= 4 is 23.5 Å². The fraction of sp³-hybridized carbons (Fsp3) is 0.278. The van der Waals surface area contributed by atoms with Gasteiger partial charge in [0.05, 0.1) is 0 Å². The molecule has 0 spiro atoms. The van der Waals surface area contributed by atoms with Crippen molar-refractivity contribution in [3.8, 4) is 0 Å². The fourth-order valence-electron chi connectivity index (χ4n) is 2.94. The Balaban J connectivity index is 1.41. The zero-order valence-electron chi connectivity index (χ0n) is 14.9. The lowest BCUT2D eigenvalue weighted by Crippen LogP contribution is -2.47. The van der Waals surface area contributed by atoms with Crippen LogP contribution in [0.15, 0.2) is 47.4 Å². The van der Waals surface area contributed by atoms with Crippen LogP contribution in [0.3, 0.4) is 0 Å². The van der Waals surface area contributed by atoms with E-state index in [1.54, 1.807) is 49.8 Å². The highest BCUT2D eigenvalue weighted by Crippen LogP contribution is 2.18. The molecule has 1 aliphatic rings. The van der Waals surface area contributed by atoms with E-state index in [9.17, 15) is 4.79 Å². The first-order valence-corrected chi connectivity index (χ1v) is 8.67. The molecular weight excluding hydrogens is 346 g/mol. The number of carbonyl (C=O) groups is 1. The minimum absolute atomic E-state index is 0.247. The molecule has 0 saturated carbocycles. The number of aromatic nitrogens is 4. The Morgan fingerprint density at radius 2 is 1.78 bits per heavy atom. The molecule has 3 aromatic heterocycles. The summed E-state index contributed by atoms with van der Waals surface area (Å²) in [5.41, 5.74) is 0.523. The molecule has 9 heteroatoms. The van der Waals surface area contributed by atoms with Crippen molar-refractivity contribution in [2.45, 2.75) is 6.92 Å². The predicted octanol–water partition coefficient (Wildman–Crippen LogP) is 1.75. The van der Waals surface area contributed by atoms with Crippen LogP contribution in [0.25, 0.3) is 0 Å². The molecular formula is C18H19N7O2. The van der Waals surface area contributed by atoms with Gasteiger partial charge in [0.15, 0.2) is 5.82 Å². The molecule has 1 amide bonds. The van der Waals surface area contributed by atoms with Crippen LogP contribution in [0, 0.1) is 6.92 Å². The van der Waals surface area contributed by atoms with Crippen LogP contribution >= 0.6 is 0 Å². The largest absolute Gasteiger partial charge is 0.360 e. The van der Waals surface area contributed by atoms with E-state index in [0.29, 0.717) is 17.1 Å². The summed E-state index contributed by atoms with van der Waals surface area (Å²) in [4.78, 5) is 29.7. The topological polar surface area (TPSA) is 100 Å². The summed E-state index contributed by atoms with van der Waals surface area (Å²) >= 11 is 0. The average Bonchev–Trinajstić information content (AvgIpc) is 3.13. The maximum atomic E-state index is 12.4. The van der Waals surface area contributed by atoms with Gasteiger partial charge in [-0.25, -0.2) is 15.0 Å². The predicted molar refractivity (Wildman–Crippen MR) is 99.9 cm³/mol. The third-order valence-corrected chi connectivity index (χ3v) is 4.32. The molecule has 1 fully saturated rings. The second kappa shape index (κ2) is 7.40. The van der Waals surface area contributed by atoms with Crippen molar-refractivity contribution in [2.75, 3.05) is 41.3 Å². The van der Waals surface area contributed by atoms with Gasteiger partial charge in [-0.15, -0.1) is 0 Å². The lowest BCUT2D eigenvalue weighted by atomic mass is 10.2. The minimum Gasteiger partial charge on any atom is -0.360 e. The first kappa shape index (κ1) is 17.0. The van der Waals surface area contributed by atoms with E-state index < -0.39 is 0 Å². The highest BCUT2D eigenvalue weighted by Gasteiger charge is 2.20.